The van der Waals surface area contributed by atoms with Gasteiger partial charge in [-0.25, -0.2) is 4.98 Å². The first-order chi connectivity index (χ1) is 9.63. The Morgan fingerprint density at radius 1 is 1.40 bits per heavy atom. The predicted octanol–water partition coefficient (Wildman–Crippen LogP) is 2.55. The molecule has 0 aliphatic heterocycles. The van der Waals surface area contributed by atoms with Crippen LogP contribution in [0.3, 0.4) is 0 Å². The Bertz CT molecular complexity index is 611. The molecule has 0 bridgehead atoms. The van der Waals surface area contributed by atoms with Crippen LogP contribution in [0, 0.1) is 5.92 Å². The second kappa shape index (κ2) is 5.34. The van der Waals surface area contributed by atoms with Crippen molar-refractivity contribution in [1.82, 2.24) is 4.98 Å². The van der Waals surface area contributed by atoms with Gasteiger partial charge < -0.3 is 10.4 Å². The van der Waals surface area contributed by atoms with E-state index < -0.39 is 6.10 Å². The van der Waals surface area contributed by atoms with Crippen LogP contribution >= 0.6 is 11.3 Å². The Hall–Kier alpha value is -1.72. The van der Waals surface area contributed by atoms with Crippen LogP contribution in [0.4, 0.5) is 5.13 Å². The molecule has 0 radical (unpaired) electrons. The van der Waals surface area contributed by atoms with Gasteiger partial charge in [0.25, 0.3) is 0 Å². The zero-order chi connectivity index (χ0) is 14.1. The van der Waals surface area contributed by atoms with Crippen molar-refractivity contribution in [1.29, 1.82) is 0 Å². The number of aromatic nitrogens is 1. The number of rotatable bonds is 3. The summed E-state index contributed by atoms with van der Waals surface area (Å²) < 4.78 is 0. The standard InChI is InChI=1S/C15H16N2O2S/c1-9(18)13-8-20-15(16-13)17-14(19)12-6-10-4-2-3-5-11(10)7-12/h2-5,8-9,12,18H,6-7H2,1H3,(H,16,17,19). The number of hydrogen-bond acceptors (Lipinski definition) is 4. The van der Waals surface area contributed by atoms with E-state index in [1.54, 1.807) is 12.3 Å². The SMILES string of the molecule is CC(O)c1csc(NC(=O)C2Cc3ccccc3C2)n1. The largest absolute Gasteiger partial charge is 0.387 e. The lowest BCUT2D eigenvalue weighted by Gasteiger charge is -2.07. The second-order valence-electron chi connectivity index (χ2n) is 5.12. The van der Waals surface area contributed by atoms with Crippen LogP contribution in [0.5, 0.6) is 0 Å². The topological polar surface area (TPSA) is 62.2 Å². The highest BCUT2D eigenvalue weighted by atomic mass is 32.1. The van der Waals surface area contributed by atoms with Crippen LogP contribution in [0.25, 0.3) is 0 Å². The minimum absolute atomic E-state index is 0.00712. The van der Waals surface area contributed by atoms with Gasteiger partial charge in [-0.2, -0.15) is 0 Å². The number of hydrogen-bond donors (Lipinski definition) is 2. The van der Waals surface area contributed by atoms with E-state index >= 15 is 0 Å². The average Bonchev–Trinajstić information content (AvgIpc) is 3.04. The van der Waals surface area contributed by atoms with Gasteiger partial charge >= 0.3 is 0 Å². The molecule has 20 heavy (non-hydrogen) atoms. The molecule has 1 aromatic heterocycles. The van der Waals surface area contributed by atoms with Crippen molar-refractivity contribution in [2.24, 2.45) is 5.92 Å². The Morgan fingerprint density at radius 2 is 2.05 bits per heavy atom. The molecule has 2 aromatic rings. The lowest BCUT2D eigenvalue weighted by Crippen LogP contribution is -2.23. The van der Waals surface area contributed by atoms with E-state index in [1.165, 1.54) is 22.5 Å². The first-order valence-electron chi connectivity index (χ1n) is 6.64. The number of anilines is 1. The molecule has 1 aromatic carbocycles. The van der Waals surface area contributed by atoms with Crippen molar-refractivity contribution in [3.8, 4) is 0 Å². The fraction of sp³-hybridized carbons (Fsp3) is 0.333. The van der Waals surface area contributed by atoms with Crippen LogP contribution in [-0.2, 0) is 17.6 Å². The van der Waals surface area contributed by atoms with E-state index in [4.69, 9.17) is 0 Å². The number of nitrogens with zero attached hydrogens (tertiary/aromatic N) is 1. The monoisotopic (exact) mass is 288 g/mol. The minimum Gasteiger partial charge on any atom is -0.387 e. The Labute approximate surface area is 121 Å². The van der Waals surface area contributed by atoms with E-state index in [-0.39, 0.29) is 11.8 Å². The first-order valence-corrected chi connectivity index (χ1v) is 7.52. The average molecular weight is 288 g/mol. The van der Waals surface area contributed by atoms with Crippen molar-refractivity contribution < 1.29 is 9.90 Å². The van der Waals surface area contributed by atoms with Crippen molar-refractivity contribution >= 4 is 22.4 Å². The summed E-state index contributed by atoms with van der Waals surface area (Å²) in [5, 5.41) is 14.6. The van der Waals surface area contributed by atoms with Gasteiger partial charge in [-0.3, -0.25) is 4.79 Å². The Kier molecular flexibility index (Phi) is 3.54. The number of amides is 1. The smallest absolute Gasteiger partial charge is 0.229 e. The number of benzene rings is 1. The van der Waals surface area contributed by atoms with Gasteiger partial charge in [-0.05, 0) is 30.9 Å². The number of thiazole rings is 1. The molecule has 0 saturated heterocycles. The molecule has 1 atom stereocenters. The number of carbonyl (C=O) groups is 1. The van der Waals surface area contributed by atoms with Gasteiger partial charge in [0.2, 0.25) is 5.91 Å². The molecule has 0 saturated carbocycles. The summed E-state index contributed by atoms with van der Waals surface area (Å²) in [6.07, 6.45) is 0.973. The molecule has 0 spiro atoms. The lowest BCUT2D eigenvalue weighted by molar-refractivity contribution is -0.119. The third-order valence-electron chi connectivity index (χ3n) is 3.60. The molecule has 104 valence electrons. The number of nitrogens with one attached hydrogen (secondary N) is 1. The van der Waals surface area contributed by atoms with E-state index in [9.17, 15) is 9.90 Å². The number of carbonyl (C=O) groups excluding carboxylic acids is 1. The Balaban J connectivity index is 1.66. The van der Waals surface area contributed by atoms with Crippen LogP contribution in [0.2, 0.25) is 0 Å². The summed E-state index contributed by atoms with van der Waals surface area (Å²) >= 11 is 1.35. The molecule has 1 unspecified atom stereocenters. The molecule has 5 heteroatoms. The number of aliphatic hydroxyl groups is 1. The maximum Gasteiger partial charge on any atom is 0.229 e. The van der Waals surface area contributed by atoms with E-state index in [1.807, 2.05) is 12.1 Å². The predicted molar refractivity (Wildman–Crippen MR) is 78.7 cm³/mol. The maximum atomic E-state index is 12.3. The molecule has 1 amide bonds. The Morgan fingerprint density at radius 3 is 2.60 bits per heavy atom. The highest BCUT2D eigenvalue weighted by Crippen LogP contribution is 2.28. The zero-order valence-corrected chi connectivity index (χ0v) is 12.0. The summed E-state index contributed by atoms with van der Waals surface area (Å²) in [5.41, 5.74) is 3.12. The summed E-state index contributed by atoms with van der Waals surface area (Å²) in [7, 11) is 0. The van der Waals surface area contributed by atoms with E-state index in [2.05, 4.69) is 22.4 Å². The summed E-state index contributed by atoms with van der Waals surface area (Å²) in [4.78, 5) is 16.5. The van der Waals surface area contributed by atoms with Crippen LogP contribution in [-0.4, -0.2) is 16.0 Å². The molecule has 2 N–H and O–H groups in total. The minimum atomic E-state index is -0.604. The van der Waals surface area contributed by atoms with Crippen molar-refractivity contribution in [2.45, 2.75) is 25.9 Å². The summed E-state index contributed by atoms with van der Waals surface area (Å²) in [5.74, 6) is -0.0148. The van der Waals surface area contributed by atoms with E-state index in [0.717, 1.165) is 12.8 Å². The van der Waals surface area contributed by atoms with Gasteiger partial charge in [0.1, 0.15) is 0 Å². The van der Waals surface area contributed by atoms with E-state index in [0.29, 0.717) is 10.8 Å². The maximum absolute atomic E-state index is 12.3. The van der Waals surface area contributed by atoms with Gasteiger partial charge in [0.05, 0.1) is 11.8 Å². The highest BCUT2D eigenvalue weighted by Gasteiger charge is 2.27. The van der Waals surface area contributed by atoms with Crippen molar-refractivity contribution in [3.05, 3.63) is 46.5 Å². The van der Waals surface area contributed by atoms with Gasteiger partial charge in [-0.15, -0.1) is 11.3 Å². The quantitative estimate of drug-likeness (QED) is 0.912. The summed E-state index contributed by atoms with van der Waals surface area (Å²) in [6, 6.07) is 8.18. The fourth-order valence-electron chi connectivity index (χ4n) is 2.49. The molecule has 1 aliphatic rings. The molecule has 1 aliphatic carbocycles. The number of fused-ring (bicyclic) bond motifs is 1. The second-order valence-corrected chi connectivity index (χ2v) is 5.97. The molecular weight excluding hydrogens is 272 g/mol. The third-order valence-corrected chi connectivity index (χ3v) is 4.38. The van der Waals surface area contributed by atoms with Crippen molar-refractivity contribution in [3.63, 3.8) is 0 Å². The molecule has 1 heterocycles. The van der Waals surface area contributed by atoms with Gasteiger partial charge in [0.15, 0.2) is 5.13 Å². The normalized spacial score (nSPS) is 15.9. The highest BCUT2D eigenvalue weighted by molar-refractivity contribution is 7.13. The van der Waals surface area contributed by atoms with Crippen LogP contribution in [0.1, 0.15) is 29.8 Å². The lowest BCUT2D eigenvalue weighted by atomic mass is 10.1. The third kappa shape index (κ3) is 2.59. The van der Waals surface area contributed by atoms with Gasteiger partial charge in [-0.1, -0.05) is 24.3 Å². The zero-order valence-electron chi connectivity index (χ0n) is 11.2. The fourth-order valence-corrected chi connectivity index (χ4v) is 3.29. The van der Waals surface area contributed by atoms with Crippen LogP contribution in [0.15, 0.2) is 29.6 Å². The van der Waals surface area contributed by atoms with Crippen molar-refractivity contribution in [2.75, 3.05) is 5.32 Å². The molecular formula is C15H16N2O2S. The first kappa shape index (κ1) is 13.3. The summed E-state index contributed by atoms with van der Waals surface area (Å²) in [6.45, 7) is 1.66. The number of aliphatic hydroxyl groups excluding tert-OH is 1. The molecule has 4 nitrogen and oxygen atoms in total. The molecule has 3 rings (SSSR count). The van der Waals surface area contributed by atoms with Gasteiger partial charge in [0, 0.05) is 11.3 Å². The molecule has 0 fully saturated rings. The van der Waals surface area contributed by atoms with Crippen LogP contribution < -0.4 is 5.32 Å².